The van der Waals surface area contributed by atoms with Crippen LogP contribution in [-0.2, 0) is 0 Å². The zero-order chi connectivity index (χ0) is 14.7. The van der Waals surface area contributed by atoms with Gasteiger partial charge in [0.25, 0.3) is 0 Å². The number of benzene rings is 1. The molecule has 1 heterocycles. The quantitative estimate of drug-likeness (QED) is 0.919. The van der Waals surface area contributed by atoms with Gasteiger partial charge in [-0.1, -0.05) is 6.07 Å². The van der Waals surface area contributed by atoms with Gasteiger partial charge in [0.2, 0.25) is 11.9 Å². The molecule has 0 amide bonds. The minimum absolute atomic E-state index is 0.153. The monoisotopic (exact) mass is 277 g/mol. The van der Waals surface area contributed by atoms with Gasteiger partial charge in [0, 0.05) is 21.1 Å². The Morgan fingerprint density at radius 1 is 1.20 bits per heavy atom. The fourth-order valence-corrected chi connectivity index (χ4v) is 1.64. The number of methoxy groups -OCH3 is 1. The first-order valence-electron chi connectivity index (χ1n) is 6.01. The summed E-state index contributed by atoms with van der Waals surface area (Å²) in [6.07, 6.45) is 0. The van der Waals surface area contributed by atoms with Gasteiger partial charge in [-0.2, -0.15) is 15.0 Å². The molecule has 106 valence electrons. The molecule has 1 aromatic heterocycles. The molecule has 0 radical (unpaired) electrons. The van der Waals surface area contributed by atoms with Crippen LogP contribution < -0.4 is 15.0 Å². The van der Waals surface area contributed by atoms with Gasteiger partial charge in [0.05, 0.1) is 12.7 Å². The third-order valence-electron chi connectivity index (χ3n) is 2.67. The maximum Gasteiger partial charge on any atom is 0.230 e. The van der Waals surface area contributed by atoms with Crippen molar-refractivity contribution in [1.82, 2.24) is 15.0 Å². The van der Waals surface area contributed by atoms with Crippen molar-refractivity contribution in [3.05, 3.63) is 24.0 Å². The van der Waals surface area contributed by atoms with Crippen molar-refractivity contribution in [2.24, 2.45) is 0 Å². The second-order valence-electron chi connectivity index (χ2n) is 4.25. The molecule has 1 aromatic carbocycles. The van der Waals surface area contributed by atoms with E-state index in [1.165, 1.54) is 7.11 Å². The molecule has 0 unspecified atom stereocenters. The number of anilines is 2. The van der Waals surface area contributed by atoms with Crippen molar-refractivity contribution < 1.29 is 9.13 Å². The van der Waals surface area contributed by atoms with Crippen molar-refractivity contribution in [3.8, 4) is 17.1 Å². The van der Waals surface area contributed by atoms with Gasteiger partial charge in [-0.3, -0.25) is 0 Å². The van der Waals surface area contributed by atoms with Crippen LogP contribution in [0.1, 0.15) is 0 Å². The maximum absolute atomic E-state index is 14.3. The molecule has 20 heavy (non-hydrogen) atoms. The van der Waals surface area contributed by atoms with E-state index >= 15 is 0 Å². The number of ether oxygens (including phenoxy) is 1. The van der Waals surface area contributed by atoms with Crippen LogP contribution in [-0.4, -0.2) is 43.2 Å². The zero-order valence-corrected chi connectivity index (χ0v) is 11.8. The topological polar surface area (TPSA) is 63.2 Å². The fourth-order valence-electron chi connectivity index (χ4n) is 1.64. The number of rotatable bonds is 4. The summed E-state index contributed by atoms with van der Waals surface area (Å²) in [5.41, 5.74) is 0.270. The molecule has 0 aliphatic rings. The maximum atomic E-state index is 14.3. The predicted octanol–water partition coefficient (Wildman–Crippen LogP) is 1.79. The van der Waals surface area contributed by atoms with Crippen molar-refractivity contribution in [2.75, 3.05) is 38.5 Å². The molecule has 0 bridgehead atoms. The number of hydrogen-bond acceptors (Lipinski definition) is 6. The number of nitrogens with one attached hydrogen (secondary N) is 1. The smallest absolute Gasteiger partial charge is 0.230 e. The minimum atomic E-state index is -0.493. The number of hydrogen-bond donors (Lipinski definition) is 1. The van der Waals surface area contributed by atoms with Crippen LogP contribution in [0, 0.1) is 5.82 Å². The third kappa shape index (κ3) is 2.61. The zero-order valence-electron chi connectivity index (χ0n) is 11.8. The summed E-state index contributed by atoms with van der Waals surface area (Å²) in [6, 6.07) is 4.84. The van der Waals surface area contributed by atoms with E-state index in [9.17, 15) is 4.39 Å². The highest BCUT2D eigenvalue weighted by Gasteiger charge is 2.15. The second-order valence-corrected chi connectivity index (χ2v) is 4.25. The summed E-state index contributed by atoms with van der Waals surface area (Å²) in [4.78, 5) is 14.4. The van der Waals surface area contributed by atoms with Crippen molar-refractivity contribution in [1.29, 1.82) is 0 Å². The SMILES string of the molecule is CNc1nc(-c2cccc(OC)c2F)nc(N(C)C)n1. The Kier molecular flexibility index (Phi) is 3.97. The van der Waals surface area contributed by atoms with E-state index in [-0.39, 0.29) is 17.1 Å². The molecule has 0 spiro atoms. The average Bonchev–Trinajstić information content (AvgIpc) is 2.46. The highest BCUT2D eigenvalue weighted by atomic mass is 19.1. The molecule has 0 saturated heterocycles. The lowest BCUT2D eigenvalue weighted by Gasteiger charge is -2.13. The summed E-state index contributed by atoms with van der Waals surface area (Å²) < 4.78 is 19.2. The second kappa shape index (κ2) is 5.68. The van der Waals surface area contributed by atoms with Crippen molar-refractivity contribution >= 4 is 11.9 Å². The van der Waals surface area contributed by atoms with Crippen LogP contribution in [0.15, 0.2) is 18.2 Å². The Labute approximate surface area is 116 Å². The van der Waals surface area contributed by atoms with Crippen LogP contribution >= 0.6 is 0 Å². The third-order valence-corrected chi connectivity index (χ3v) is 2.67. The Bertz CT molecular complexity index is 618. The lowest BCUT2D eigenvalue weighted by Crippen LogP contribution is -2.15. The van der Waals surface area contributed by atoms with Crippen molar-refractivity contribution in [2.45, 2.75) is 0 Å². The van der Waals surface area contributed by atoms with Crippen LogP contribution in [0.25, 0.3) is 11.4 Å². The van der Waals surface area contributed by atoms with E-state index in [1.807, 2.05) is 0 Å². The number of halogens is 1. The van der Waals surface area contributed by atoms with Crippen LogP contribution in [0.4, 0.5) is 16.3 Å². The fraction of sp³-hybridized carbons (Fsp3) is 0.308. The molecule has 0 atom stereocenters. The van der Waals surface area contributed by atoms with Crippen LogP contribution in [0.3, 0.4) is 0 Å². The largest absolute Gasteiger partial charge is 0.494 e. The molecule has 0 aliphatic carbocycles. The van der Waals surface area contributed by atoms with E-state index in [4.69, 9.17) is 4.74 Å². The molecule has 0 saturated carbocycles. The highest BCUT2D eigenvalue weighted by molar-refractivity contribution is 5.61. The number of aromatic nitrogens is 3. The van der Waals surface area contributed by atoms with Crippen LogP contribution in [0.5, 0.6) is 5.75 Å². The molecule has 0 fully saturated rings. The Balaban J connectivity index is 2.60. The first kappa shape index (κ1) is 14.0. The van der Waals surface area contributed by atoms with Gasteiger partial charge >= 0.3 is 0 Å². The Morgan fingerprint density at radius 3 is 2.55 bits per heavy atom. The first-order chi connectivity index (χ1) is 9.56. The molecule has 0 aliphatic heterocycles. The molecular formula is C13H16FN5O. The standard InChI is InChI=1S/C13H16FN5O/c1-15-12-16-11(17-13(18-12)19(2)3)8-6-5-7-9(20-4)10(8)14/h5-7H,1-4H3,(H,15,16,17,18). The van der Waals surface area contributed by atoms with E-state index < -0.39 is 5.82 Å². The van der Waals surface area contributed by atoms with E-state index in [0.29, 0.717) is 11.9 Å². The van der Waals surface area contributed by atoms with Crippen molar-refractivity contribution in [3.63, 3.8) is 0 Å². The van der Waals surface area contributed by atoms with E-state index in [1.54, 1.807) is 44.2 Å². The highest BCUT2D eigenvalue weighted by Crippen LogP contribution is 2.27. The summed E-state index contributed by atoms with van der Waals surface area (Å²) >= 11 is 0. The van der Waals surface area contributed by atoms with Crippen LogP contribution in [0.2, 0.25) is 0 Å². The van der Waals surface area contributed by atoms with Gasteiger partial charge in [-0.05, 0) is 12.1 Å². The molecule has 2 rings (SSSR count). The van der Waals surface area contributed by atoms with Gasteiger partial charge < -0.3 is 15.0 Å². The van der Waals surface area contributed by atoms with Gasteiger partial charge in [0.1, 0.15) is 0 Å². The molecular weight excluding hydrogens is 261 g/mol. The predicted molar refractivity (Wildman–Crippen MR) is 75.6 cm³/mol. The lowest BCUT2D eigenvalue weighted by molar-refractivity contribution is 0.387. The van der Waals surface area contributed by atoms with Gasteiger partial charge in [-0.25, -0.2) is 4.39 Å². The first-order valence-corrected chi connectivity index (χ1v) is 6.01. The summed E-state index contributed by atoms with van der Waals surface area (Å²) in [5.74, 6) is 0.736. The average molecular weight is 277 g/mol. The van der Waals surface area contributed by atoms with Gasteiger partial charge in [-0.15, -0.1) is 0 Å². The Morgan fingerprint density at radius 2 is 1.95 bits per heavy atom. The molecule has 2 aromatic rings. The van der Waals surface area contributed by atoms with E-state index in [2.05, 4.69) is 20.3 Å². The van der Waals surface area contributed by atoms with Gasteiger partial charge in [0.15, 0.2) is 17.4 Å². The minimum Gasteiger partial charge on any atom is -0.494 e. The molecule has 7 heteroatoms. The summed E-state index contributed by atoms with van der Waals surface area (Å²) in [5, 5.41) is 2.84. The Hall–Kier alpha value is -2.44. The lowest BCUT2D eigenvalue weighted by atomic mass is 10.2. The summed E-state index contributed by atoms with van der Waals surface area (Å²) in [6.45, 7) is 0. The molecule has 6 nitrogen and oxygen atoms in total. The van der Waals surface area contributed by atoms with E-state index in [0.717, 1.165) is 0 Å². The molecule has 1 N–H and O–H groups in total. The summed E-state index contributed by atoms with van der Waals surface area (Å²) in [7, 11) is 6.72. The normalized spacial score (nSPS) is 10.2. The number of nitrogens with zero attached hydrogens (tertiary/aromatic N) is 4.